The van der Waals surface area contributed by atoms with Crippen molar-refractivity contribution < 1.29 is 4.79 Å². The van der Waals surface area contributed by atoms with Crippen molar-refractivity contribution in [1.29, 1.82) is 0 Å². The van der Waals surface area contributed by atoms with Crippen LogP contribution in [-0.2, 0) is 24.4 Å². The maximum absolute atomic E-state index is 12.8. The zero-order valence-electron chi connectivity index (χ0n) is 20.2. The van der Waals surface area contributed by atoms with Gasteiger partial charge in [-0.2, -0.15) is 0 Å². The van der Waals surface area contributed by atoms with E-state index in [1.54, 1.807) is 0 Å². The molecule has 1 aliphatic heterocycles. The molecule has 0 saturated carbocycles. The highest BCUT2D eigenvalue weighted by molar-refractivity contribution is 6.30. The predicted octanol–water partition coefficient (Wildman–Crippen LogP) is 6.18. The van der Waals surface area contributed by atoms with E-state index in [0.717, 1.165) is 49.6 Å². The van der Waals surface area contributed by atoms with E-state index < -0.39 is 0 Å². The number of hydrogen-bond acceptors (Lipinski definition) is 2. The van der Waals surface area contributed by atoms with Gasteiger partial charge in [0.1, 0.15) is 0 Å². The third-order valence-corrected chi connectivity index (χ3v) is 7.30. The average molecular weight is 486 g/mol. The largest absolute Gasteiger partial charge is 0.352 e. The zero-order chi connectivity index (χ0) is 24.2. The van der Waals surface area contributed by atoms with E-state index in [9.17, 15) is 4.79 Å². The van der Waals surface area contributed by atoms with Gasteiger partial charge in [0.05, 0.1) is 0 Å². The molecule has 0 spiro atoms. The van der Waals surface area contributed by atoms with Gasteiger partial charge in [0, 0.05) is 41.8 Å². The predicted molar refractivity (Wildman–Crippen MR) is 144 cm³/mol. The van der Waals surface area contributed by atoms with Crippen LogP contribution in [0.4, 0.5) is 0 Å². The summed E-state index contributed by atoms with van der Waals surface area (Å²) in [4.78, 5) is 15.3. The molecule has 1 amide bonds. The van der Waals surface area contributed by atoms with Crippen molar-refractivity contribution >= 4 is 28.4 Å². The lowest BCUT2D eigenvalue weighted by Crippen LogP contribution is -2.40. The lowest BCUT2D eigenvalue weighted by molar-refractivity contribution is -0.126. The molecule has 0 radical (unpaired) electrons. The number of fused-ring (bicyclic) bond motifs is 1. The van der Waals surface area contributed by atoms with E-state index in [2.05, 4.69) is 82.4 Å². The minimum Gasteiger partial charge on any atom is -0.352 e. The van der Waals surface area contributed by atoms with Gasteiger partial charge in [0.2, 0.25) is 5.91 Å². The first kappa shape index (κ1) is 23.7. The fourth-order valence-corrected chi connectivity index (χ4v) is 5.22. The van der Waals surface area contributed by atoms with Crippen LogP contribution in [0.2, 0.25) is 5.02 Å². The Morgan fingerprint density at radius 2 is 1.69 bits per heavy atom. The highest BCUT2D eigenvalue weighted by atomic mass is 35.5. The van der Waals surface area contributed by atoms with E-state index >= 15 is 0 Å². The molecule has 4 aromatic rings. The maximum Gasteiger partial charge on any atom is 0.223 e. The molecule has 5 heteroatoms. The number of carbonyl (C=O) groups is 1. The van der Waals surface area contributed by atoms with E-state index in [1.807, 2.05) is 18.2 Å². The molecule has 0 bridgehead atoms. The normalized spacial score (nSPS) is 14.9. The van der Waals surface area contributed by atoms with Crippen molar-refractivity contribution in [2.45, 2.75) is 39.4 Å². The van der Waals surface area contributed by atoms with Crippen molar-refractivity contribution in [2.75, 3.05) is 13.1 Å². The van der Waals surface area contributed by atoms with Gasteiger partial charge in [-0.15, -0.1) is 0 Å². The van der Waals surface area contributed by atoms with E-state index in [-0.39, 0.29) is 11.8 Å². The van der Waals surface area contributed by atoms with Gasteiger partial charge < -0.3 is 9.88 Å². The standard InChI is InChI=1S/C30H32ClN3O/c1-22-5-4-6-24(17-22)19-32-30(35)25-13-15-33(16-14-25)21-28-18-26-7-2-3-8-29(26)34(28)20-23-9-11-27(31)12-10-23/h2-12,17-18,25H,13-16,19-21H2,1H3,(H,32,35). The number of rotatable bonds is 7. The number of para-hydroxylation sites is 1. The Bertz CT molecular complexity index is 1300. The second-order valence-corrected chi connectivity index (χ2v) is 10.1. The van der Waals surface area contributed by atoms with Gasteiger partial charge in [0.15, 0.2) is 0 Å². The summed E-state index contributed by atoms with van der Waals surface area (Å²) in [6.07, 6.45) is 1.80. The highest BCUT2D eigenvalue weighted by Gasteiger charge is 2.25. The monoisotopic (exact) mass is 485 g/mol. The molecule has 1 N–H and O–H groups in total. The topological polar surface area (TPSA) is 37.3 Å². The molecule has 1 saturated heterocycles. The molecular formula is C30H32ClN3O. The summed E-state index contributed by atoms with van der Waals surface area (Å²) in [6, 6.07) is 27.3. The molecule has 2 heterocycles. The van der Waals surface area contributed by atoms with Crippen LogP contribution >= 0.6 is 11.6 Å². The number of nitrogens with one attached hydrogen (secondary N) is 1. The Morgan fingerprint density at radius 3 is 2.46 bits per heavy atom. The van der Waals surface area contributed by atoms with Gasteiger partial charge in [-0.05, 0) is 73.6 Å². The SMILES string of the molecule is Cc1cccc(CNC(=O)C2CCN(Cc3cc4ccccc4n3Cc3ccc(Cl)cc3)CC2)c1. The molecule has 0 aliphatic carbocycles. The second kappa shape index (κ2) is 10.7. The number of amides is 1. The Balaban J connectivity index is 1.22. The molecule has 4 nitrogen and oxygen atoms in total. The lowest BCUT2D eigenvalue weighted by atomic mass is 9.95. The average Bonchev–Trinajstić information content (AvgIpc) is 3.21. The summed E-state index contributed by atoms with van der Waals surface area (Å²) < 4.78 is 2.42. The number of carbonyl (C=O) groups excluding carboxylic acids is 1. The Hall–Kier alpha value is -3.08. The van der Waals surface area contributed by atoms with Crippen LogP contribution < -0.4 is 5.32 Å². The van der Waals surface area contributed by atoms with Crippen LogP contribution in [0.25, 0.3) is 10.9 Å². The molecule has 35 heavy (non-hydrogen) atoms. The van der Waals surface area contributed by atoms with Gasteiger partial charge >= 0.3 is 0 Å². The van der Waals surface area contributed by atoms with Gasteiger partial charge in [-0.25, -0.2) is 0 Å². The minimum absolute atomic E-state index is 0.0935. The second-order valence-electron chi connectivity index (χ2n) is 9.66. The number of hydrogen-bond donors (Lipinski definition) is 1. The third-order valence-electron chi connectivity index (χ3n) is 7.04. The molecule has 3 aromatic carbocycles. The van der Waals surface area contributed by atoms with Crippen LogP contribution in [-0.4, -0.2) is 28.5 Å². The summed E-state index contributed by atoms with van der Waals surface area (Å²) >= 11 is 6.10. The number of nitrogens with zero attached hydrogens (tertiary/aromatic N) is 2. The number of piperidine rings is 1. The summed E-state index contributed by atoms with van der Waals surface area (Å²) in [5.41, 5.74) is 6.18. The van der Waals surface area contributed by atoms with Crippen molar-refractivity contribution in [1.82, 2.24) is 14.8 Å². The summed E-state index contributed by atoms with van der Waals surface area (Å²) in [5, 5.41) is 5.17. The third kappa shape index (κ3) is 5.77. The molecule has 0 atom stereocenters. The zero-order valence-corrected chi connectivity index (χ0v) is 21.0. The van der Waals surface area contributed by atoms with Gasteiger partial charge in [-0.3, -0.25) is 9.69 Å². The van der Waals surface area contributed by atoms with Crippen LogP contribution in [0.1, 0.15) is 35.2 Å². The molecule has 180 valence electrons. The Morgan fingerprint density at radius 1 is 0.914 bits per heavy atom. The first-order valence-electron chi connectivity index (χ1n) is 12.4. The van der Waals surface area contributed by atoms with Crippen molar-refractivity contribution in [3.05, 3.63) is 106 Å². The molecular weight excluding hydrogens is 454 g/mol. The fraction of sp³-hybridized carbons (Fsp3) is 0.300. The maximum atomic E-state index is 12.8. The molecule has 1 aromatic heterocycles. The molecule has 5 rings (SSSR count). The van der Waals surface area contributed by atoms with Crippen molar-refractivity contribution in [3.63, 3.8) is 0 Å². The van der Waals surface area contributed by atoms with Crippen molar-refractivity contribution in [3.8, 4) is 0 Å². The number of aryl methyl sites for hydroxylation is 1. The lowest BCUT2D eigenvalue weighted by Gasteiger charge is -2.31. The van der Waals surface area contributed by atoms with Gasteiger partial charge in [-0.1, -0.05) is 71.8 Å². The number of benzene rings is 3. The molecule has 1 aliphatic rings. The molecule has 0 unspecified atom stereocenters. The number of aromatic nitrogens is 1. The summed E-state index contributed by atoms with van der Waals surface area (Å²) in [6.45, 7) is 6.26. The van der Waals surface area contributed by atoms with Crippen LogP contribution in [0.5, 0.6) is 0 Å². The first-order chi connectivity index (χ1) is 17.0. The van der Waals surface area contributed by atoms with E-state index in [1.165, 1.54) is 27.7 Å². The number of halogens is 1. The summed E-state index contributed by atoms with van der Waals surface area (Å²) in [5.74, 6) is 0.277. The quantitative estimate of drug-likeness (QED) is 0.339. The Kier molecular flexibility index (Phi) is 7.21. The summed E-state index contributed by atoms with van der Waals surface area (Å²) in [7, 11) is 0. The van der Waals surface area contributed by atoms with E-state index in [0.29, 0.717) is 6.54 Å². The first-order valence-corrected chi connectivity index (χ1v) is 12.8. The van der Waals surface area contributed by atoms with Crippen LogP contribution in [0.15, 0.2) is 78.9 Å². The van der Waals surface area contributed by atoms with Crippen molar-refractivity contribution in [2.24, 2.45) is 5.92 Å². The van der Waals surface area contributed by atoms with Gasteiger partial charge in [0.25, 0.3) is 0 Å². The number of likely N-dealkylation sites (tertiary alicyclic amines) is 1. The smallest absolute Gasteiger partial charge is 0.223 e. The van der Waals surface area contributed by atoms with E-state index in [4.69, 9.17) is 11.6 Å². The minimum atomic E-state index is 0.0935. The van der Waals surface area contributed by atoms with Crippen LogP contribution in [0, 0.1) is 12.8 Å². The van der Waals surface area contributed by atoms with Crippen LogP contribution in [0.3, 0.4) is 0 Å². The molecule has 1 fully saturated rings. The highest BCUT2D eigenvalue weighted by Crippen LogP contribution is 2.25. The Labute approximate surface area is 212 Å². The fourth-order valence-electron chi connectivity index (χ4n) is 5.10.